The van der Waals surface area contributed by atoms with E-state index >= 15 is 0 Å². The van der Waals surface area contributed by atoms with E-state index < -0.39 is 0 Å². The predicted molar refractivity (Wildman–Crippen MR) is 88.4 cm³/mol. The largest absolute Gasteiger partial charge is 0.496 e. The monoisotopic (exact) mass is 306 g/mol. The fourth-order valence-electron chi connectivity index (χ4n) is 2.10. The molecule has 0 saturated heterocycles. The Hall–Kier alpha value is -1.43. The lowest BCUT2D eigenvalue weighted by Gasteiger charge is -2.17. The van der Waals surface area contributed by atoms with Crippen LogP contribution >= 0.6 is 23.6 Å². The molecule has 0 fully saturated rings. The summed E-state index contributed by atoms with van der Waals surface area (Å²) in [6, 6.07) is 8.12. The van der Waals surface area contributed by atoms with Crippen LogP contribution < -0.4 is 10.5 Å². The van der Waals surface area contributed by atoms with Gasteiger partial charge < -0.3 is 10.5 Å². The molecule has 20 heavy (non-hydrogen) atoms. The molecule has 106 valence electrons. The number of methoxy groups -OCH3 is 1. The average Bonchev–Trinajstić information content (AvgIpc) is 2.90. The van der Waals surface area contributed by atoms with Crippen molar-refractivity contribution >= 4 is 28.5 Å². The number of rotatable bonds is 6. The summed E-state index contributed by atoms with van der Waals surface area (Å²) in [5.41, 5.74) is 8.98. The molecule has 1 aromatic carbocycles. The van der Waals surface area contributed by atoms with Gasteiger partial charge in [-0.1, -0.05) is 18.3 Å². The van der Waals surface area contributed by atoms with Gasteiger partial charge >= 0.3 is 0 Å². The van der Waals surface area contributed by atoms with Gasteiger partial charge in [0, 0.05) is 13.1 Å². The van der Waals surface area contributed by atoms with Crippen LogP contribution in [-0.2, 0) is 13.1 Å². The summed E-state index contributed by atoms with van der Waals surface area (Å²) in [6.45, 7) is 1.78. The van der Waals surface area contributed by atoms with Gasteiger partial charge in [-0.25, -0.2) is 0 Å². The van der Waals surface area contributed by atoms with E-state index in [9.17, 15) is 0 Å². The molecule has 0 aliphatic heterocycles. The van der Waals surface area contributed by atoms with Gasteiger partial charge in [0.15, 0.2) is 0 Å². The molecule has 0 atom stereocenters. The van der Waals surface area contributed by atoms with Crippen LogP contribution in [0.4, 0.5) is 0 Å². The average molecular weight is 306 g/mol. The summed E-state index contributed by atoms with van der Waals surface area (Å²) in [6.07, 6.45) is 0. The Balaban J connectivity index is 2.07. The molecule has 3 nitrogen and oxygen atoms in total. The second kappa shape index (κ2) is 6.83. The maximum Gasteiger partial charge on any atom is 0.129 e. The number of thiophene rings is 1. The van der Waals surface area contributed by atoms with Gasteiger partial charge in [0.25, 0.3) is 0 Å². The van der Waals surface area contributed by atoms with Gasteiger partial charge in [0.2, 0.25) is 0 Å². The van der Waals surface area contributed by atoms with Gasteiger partial charge in [0.05, 0.1) is 12.7 Å². The van der Waals surface area contributed by atoms with Crippen LogP contribution in [0, 0.1) is 0 Å². The normalized spacial score (nSPS) is 10.8. The molecular formula is C15H18N2OS2. The molecule has 0 spiro atoms. The predicted octanol–water partition coefficient (Wildman–Crippen LogP) is 3.02. The zero-order chi connectivity index (χ0) is 14.5. The molecule has 5 heteroatoms. The fraction of sp³-hybridized carbons (Fsp3) is 0.267. The van der Waals surface area contributed by atoms with E-state index in [-0.39, 0.29) is 0 Å². The minimum atomic E-state index is 0.361. The highest BCUT2D eigenvalue weighted by Gasteiger charge is 2.08. The van der Waals surface area contributed by atoms with E-state index in [0.717, 1.165) is 24.4 Å². The Labute approximate surface area is 129 Å². The summed E-state index contributed by atoms with van der Waals surface area (Å²) in [4.78, 5) is 2.62. The maximum absolute atomic E-state index is 5.67. The van der Waals surface area contributed by atoms with Crippen LogP contribution in [0.5, 0.6) is 5.75 Å². The first-order valence-corrected chi connectivity index (χ1v) is 7.61. The van der Waals surface area contributed by atoms with E-state index in [1.165, 1.54) is 11.1 Å². The van der Waals surface area contributed by atoms with Crippen LogP contribution in [0.3, 0.4) is 0 Å². The molecule has 0 saturated carbocycles. The summed E-state index contributed by atoms with van der Waals surface area (Å²) in [5, 5.41) is 4.27. The molecule has 1 aromatic heterocycles. The van der Waals surface area contributed by atoms with Crippen molar-refractivity contribution in [3.05, 3.63) is 51.7 Å². The second-order valence-corrected chi connectivity index (χ2v) is 5.92. The highest BCUT2D eigenvalue weighted by atomic mass is 32.1. The molecule has 2 N–H and O–H groups in total. The number of nitrogens with two attached hydrogens (primary N) is 1. The van der Waals surface area contributed by atoms with Crippen LogP contribution in [0.25, 0.3) is 0 Å². The van der Waals surface area contributed by atoms with Gasteiger partial charge in [0.1, 0.15) is 10.7 Å². The molecule has 0 aliphatic carbocycles. The lowest BCUT2D eigenvalue weighted by molar-refractivity contribution is 0.318. The quantitative estimate of drug-likeness (QED) is 0.833. The topological polar surface area (TPSA) is 38.5 Å². The van der Waals surface area contributed by atoms with Crippen molar-refractivity contribution in [1.82, 2.24) is 4.90 Å². The zero-order valence-corrected chi connectivity index (χ0v) is 13.3. The summed E-state index contributed by atoms with van der Waals surface area (Å²) in [5.74, 6) is 0.735. The molecule has 2 rings (SSSR count). The smallest absolute Gasteiger partial charge is 0.129 e. The molecule has 0 aliphatic rings. The maximum atomic E-state index is 5.67. The van der Waals surface area contributed by atoms with Crippen LogP contribution in [0.2, 0.25) is 0 Å². The van der Waals surface area contributed by atoms with E-state index in [1.54, 1.807) is 18.4 Å². The van der Waals surface area contributed by atoms with E-state index in [2.05, 4.69) is 28.8 Å². The first-order valence-electron chi connectivity index (χ1n) is 6.26. The van der Waals surface area contributed by atoms with Crippen molar-refractivity contribution in [3.8, 4) is 5.75 Å². The highest BCUT2D eigenvalue weighted by molar-refractivity contribution is 7.80. The van der Waals surface area contributed by atoms with Crippen LogP contribution in [0.1, 0.15) is 16.7 Å². The Morgan fingerprint density at radius 2 is 2.05 bits per heavy atom. The Morgan fingerprint density at radius 1 is 1.30 bits per heavy atom. The minimum Gasteiger partial charge on any atom is -0.496 e. The number of nitrogens with zero attached hydrogens (tertiary/aromatic N) is 1. The standard InChI is InChI=1S/C15H18N2OS2/c1-17(9-12-5-6-20-10-12)8-11-3-4-13(15(16)19)14(7-11)18-2/h3-7,10H,8-9H2,1-2H3,(H2,16,19). The Kier molecular flexibility index (Phi) is 5.11. The third kappa shape index (κ3) is 3.79. The lowest BCUT2D eigenvalue weighted by atomic mass is 10.1. The van der Waals surface area contributed by atoms with E-state index in [1.807, 2.05) is 18.2 Å². The molecule has 1 heterocycles. The van der Waals surface area contributed by atoms with E-state index in [0.29, 0.717) is 4.99 Å². The molecule has 0 unspecified atom stereocenters. The van der Waals surface area contributed by atoms with Gasteiger partial charge in [-0.15, -0.1) is 0 Å². The number of thiocarbonyl (C=S) groups is 1. The second-order valence-electron chi connectivity index (χ2n) is 4.70. The fourth-order valence-corrected chi connectivity index (χ4v) is 2.93. The SMILES string of the molecule is COc1cc(CN(C)Cc2ccsc2)ccc1C(N)=S. The van der Waals surface area contributed by atoms with Crippen molar-refractivity contribution < 1.29 is 4.74 Å². The first kappa shape index (κ1) is 15.0. The van der Waals surface area contributed by atoms with Crippen LogP contribution in [0.15, 0.2) is 35.0 Å². The molecule has 2 aromatic rings. The summed E-state index contributed by atoms with van der Waals surface area (Å²) in [7, 11) is 3.74. The van der Waals surface area contributed by atoms with Crippen LogP contribution in [-0.4, -0.2) is 24.0 Å². The van der Waals surface area contributed by atoms with Crippen molar-refractivity contribution in [2.45, 2.75) is 13.1 Å². The summed E-state index contributed by atoms with van der Waals surface area (Å²) >= 11 is 6.74. The minimum absolute atomic E-state index is 0.361. The molecule has 0 bridgehead atoms. The van der Waals surface area contributed by atoms with Crippen molar-refractivity contribution in [2.75, 3.05) is 14.2 Å². The molecule has 0 amide bonds. The van der Waals surface area contributed by atoms with Gasteiger partial charge in [-0.2, -0.15) is 11.3 Å². The van der Waals surface area contributed by atoms with Crippen molar-refractivity contribution in [1.29, 1.82) is 0 Å². The summed E-state index contributed by atoms with van der Waals surface area (Å²) < 4.78 is 5.35. The van der Waals surface area contributed by atoms with Gasteiger partial charge in [-0.3, -0.25) is 4.90 Å². The number of hydrogen-bond acceptors (Lipinski definition) is 4. The first-order chi connectivity index (χ1) is 9.60. The van der Waals surface area contributed by atoms with E-state index in [4.69, 9.17) is 22.7 Å². The number of benzene rings is 1. The Morgan fingerprint density at radius 3 is 2.65 bits per heavy atom. The Bertz CT molecular complexity index is 582. The number of hydrogen-bond donors (Lipinski definition) is 1. The third-order valence-electron chi connectivity index (χ3n) is 3.02. The molecular weight excluding hydrogens is 288 g/mol. The van der Waals surface area contributed by atoms with Crippen molar-refractivity contribution in [3.63, 3.8) is 0 Å². The highest BCUT2D eigenvalue weighted by Crippen LogP contribution is 2.21. The van der Waals surface area contributed by atoms with Gasteiger partial charge in [-0.05, 0) is 47.1 Å². The lowest BCUT2D eigenvalue weighted by Crippen LogP contribution is -2.17. The molecule has 0 radical (unpaired) electrons. The zero-order valence-electron chi connectivity index (χ0n) is 11.6. The third-order valence-corrected chi connectivity index (χ3v) is 3.97. The number of ether oxygens (including phenoxy) is 1. The van der Waals surface area contributed by atoms with Crippen molar-refractivity contribution in [2.24, 2.45) is 5.73 Å².